The highest BCUT2D eigenvalue weighted by molar-refractivity contribution is 8.14. The van der Waals surface area contributed by atoms with Gasteiger partial charge in [-0.3, -0.25) is 14.5 Å². The molecule has 0 saturated heterocycles. The molecule has 33 heavy (non-hydrogen) atoms. The quantitative estimate of drug-likeness (QED) is 0.537. The third-order valence-electron chi connectivity index (χ3n) is 4.78. The molecule has 0 saturated carbocycles. The van der Waals surface area contributed by atoms with E-state index in [1.165, 1.54) is 29.2 Å². The molecule has 9 heteroatoms. The van der Waals surface area contributed by atoms with Crippen LogP contribution >= 0.6 is 11.8 Å². The highest BCUT2D eigenvalue weighted by Crippen LogP contribution is 2.29. The van der Waals surface area contributed by atoms with Gasteiger partial charge in [-0.25, -0.2) is 14.1 Å². The molecule has 4 rings (SSSR count). The molecule has 2 amide bonds. The molecule has 1 aromatic heterocycles. The fraction of sp³-hybridized carbons (Fsp3) is 0.167. The molecule has 0 fully saturated rings. The number of rotatable bonds is 6. The van der Waals surface area contributed by atoms with Gasteiger partial charge in [0, 0.05) is 12.1 Å². The van der Waals surface area contributed by atoms with Crippen molar-refractivity contribution in [3.05, 3.63) is 83.9 Å². The Balaban J connectivity index is 1.55. The smallest absolute Gasteiger partial charge is 0.283 e. The van der Waals surface area contributed by atoms with Crippen LogP contribution in [-0.2, 0) is 9.59 Å². The molecule has 168 valence electrons. The summed E-state index contributed by atoms with van der Waals surface area (Å²) < 4.78 is 15.2. The van der Waals surface area contributed by atoms with E-state index in [-0.39, 0.29) is 29.3 Å². The minimum atomic E-state index is -0.405. The molecule has 1 aliphatic heterocycles. The van der Waals surface area contributed by atoms with Gasteiger partial charge in [-0.15, -0.1) is 0 Å². The summed E-state index contributed by atoms with van der Waals surface area (Å²) in [6, 6.07) is 16.8. The van der Waals surface area contributed by atoms with Gasteiger partial charge in [0.05, 0.1) is 17.6 Å². The maximum Gasteiger partial charge on any atom is 0.283 e. The predicted molar refractivity (Wildman–Crippen MR) is 129 cm³/mol. The highest BCUT2D eigenvalue weighted by atomic mass is 32.2. The maximum atomic E-state index is 13.4. The Morgan fingerprint density at radius 1 is 1.12 bits per heavy atom. The first kappa shape index (κ1) is 22.5. The summed E-state index contributed by atoms with van der Waals surface area (Å²) in [6.07, 6.45) is 3.31. The number of carbonyl (C=O) groups is 2. The lowest BCUT2D eigenvalue weighted by Crippen LogP contribution is -2.31. The van der Waals surface area contributed by atoms with Gasteiger partial charge >= 0.3 is 0 Å². The van der Waals surface area contributed by atoms with Crippen LogP contribution in [0.5, 0.6) is 0 Å². The topological polar surface area (TPSA) is 79.6 Å². The predicted octanol–water partition coefficient (Wildman–Crippen LogP) is 4.72. The minimum Gasteiger partial charge on any atom is -0.310 e. The summed E-state index contributed by atoms with van der Waals surface area (Å²) in [5.74, 6) is -0.368. The number of hydrogen-bond acceptors (Lipinski definition) is 5. The zero-order valence-corrected chi connectivity index (χ0v) is 18.9. The second-order valence-electron chi connectivity index (χ2n) is 7.54. The molecule has 7 nitrogen and oxygen atoms in total. The van der Waals surface area contributed by atoms with E-state index in [0.717, 1.165) is 17.3 Å². The Kier molecular flexibility index (Phi) is 6.69. The summed E-state index contributed by atoms with van der Waals surface area (Å²) in [7, 11) is 0. The van der Waals surface area contributed by atoms with E-state index in [1.807, 2.05) is 44.2 Å². The van der Waals surface area contributed by atoms with Crippen molar-refractivity contribution in [1.29, 1.82) is 0 Å². The highest BCUT2D eigenvalue weighted by Gasteiger charge is 2.32. The summed E-state index contributed by atoms with van der Waals surface area (Å²) in [5, 5.41) is 7.39. The van der Waals surface area contributed by atoms with Gasteiger partial charge in [0.25, 0.3) is 5.91 Å². The zero-order chi connectivity index (χ0) is 23.4. The van der Waals surface area contributed by atoms with Gasteiger partial charge in [0.15, 0.2) is 5.17 Å². The number of halogens is 1. The van der Waals surface area contributed by atoms with Crippen molar-refractivity contribution in [1.82, 2.24) is 9.78 Å². The van der Waals surface area contributed by atoms with Crippen LogP contribution in [0.1, 0.15) is 25.5 Å². The van der Waals surface area contributed by atoms with E-state index >= 15 is 0 Å². The van der Waals surface area contributed by atoms with E-state index < -0.39 is 5.82 Å². The maximum absolute atomic E-state index is 13.4. The molecular formula is C24H22FN5O2S. The molecule has 2 heterocycles. The third kappa shape index (κ3) is 5.20. The average Bonchev–Trinajstić information content (AvgIpc) is 3.38. The van der Waals surface area contributed by atoms with Crippen LogP contribution in [0.3, 0.4) is 0 Å². The van der Waals surface area contributed by atoms with Crippen molar-refractivity contribution in [3.8, 4) is 0 Å². The summed E-state index contributed by atoms with van der Waals surface area (Å²) in [4.78, 5) is 31.6. The van der Waals surface area contributed by atoms with E-state index in [9.17, 15) is 14.0 Å². The first-order chi connectivity index (χ1) is 15.9. The van der Waals surface area contributed by atoms with Gasteiger partial charge in [-0.2, -0.15) is 5.10 Å². The van der Waals surface area contributed by atoms with Crippen LogP contribution in [-0.4, -0.2) is 32.5 Å². The number of nitrogens with one attached hydrogen (secondary N) is 1. The van der Waals surface area contributed by atoms with Crippen LogP contribution < -0.4 is 10.2 Å². The number of aliphatic imine (C=N–C) groups is 1. The van der Waals surface area contributed by atoms with Gasteiger partial charge in [-0.1, -0.05) is 42.1 Å². The number of hydrogen-bond donors (Lipinski definition) is 1. The Morgan fingerprint density at radius 3 is 2.55 bits per heavy atom. The standard InChI is InChI=1S/C24H22FN5O2S/c1-16(2)30-21(12-13-26-30)28-22(31)15-33-24-27-20(14-17-6-4-3-5-7-17)23(32)29(24)19-10-8-18(25)9-11-19/h3-14,16H,15H2,1-2H3,(H,28,31)/b20-14-. The number of carbonyl (C=O) groups excluding carboxylic acids is 2. The lowest BCUT2D eigenvalue weighted by molar-refractivity contribution is -0.114. The number of amides is 2. The molecule has 3 aromatic rings. The lowest BCUT2D eigenvalue weighted by Gasteiger charge is -2.18. The molecule has 1 N–H and O–H groups in total. The minimum absolute atomic E-state index is 0.0334. The number of benzene rings is 2. The van der Waals surface area contributed by atoms with Gasteiger partial charge in [0.2, 0.25) is 5.91 Å². The van der Waals surface area contributed by atoms with Crippen molar-refractivity contribution >= 4 is 46.3 Å². The van der Waals surface area contributed by atoms with Gasteiger partial charge < -0.3 is 5.32 Å². The van der Waals surface area contributed by atoms with Crippen LogP contribution in [0.2, 0.25) is 0 Å². The zero-order valence-electron chi connectivity index (χ0n) is 18.1. The number of amidine groups is 1. The molecular weight excluding hydrogens is 441 g/mol. The van der Waals surface area contributed by atoms with Gasteiger partial charge in [-0.05, 0) is 49.8 Å². The molecule has 0 aliphatic carbocycles. The van der Waals surface area contributed by atoms with Crippen LogP contribution in [0.15, 0.2) is 77.5 Å². The lowest BCUT2D eigenvalue weighted by atomic mass is 10.2. The van der Waals surface area contributed by atoms with Crippen LogP contribution in [0.25, 0.3) is 6.08 Å². The molecule has 0 spiro atoms. The summed E-state index contributed by atoms with van der Waals surface area (Å²) in [6.45, 7) is 3.94. The largest absolute Gasteiger partial charge is 0.310 e. The Labute approximate surface area is 195 Å². The molecule has 0 atom stereocenters. The summed E-state index contributed by atoms with van der Waals surface area (Å²) in [5.41, 5.74) is 1.54. The van der Waals surface area contributed by atoms with Gasteiger partial charge in [0.1, 0.15) is 17.3 Å². The third-order valence-corrected chi connectivity index (χ3v) is 5.72. The van der Waals surface area contributed by atoms with Crippen molar-refractivity contribution in [3.63, 3.8) is 0 Å². The number of aromatic nitrogens is 2. The van der Waals surface area contributed by atoms with Crippen molar-refractivity contribution < 1.29 is 14.0 Å². The van der Waals surface area contributed by atoms with Crippen LogP contribution in [0, 0.1) is 5.82 Å². The molecule has 2 aromatic carbocycles. The SMILES string of the molecule is CC(C)n1nccc1NC(=O)CSC1=N/C(=C\c2ccccc2)C(=O)N1c1ccc(F)cc1. The monoisotopic (exact) mass is 463 g/mol. The first-order valence-electron chi connectivity index (χ1n) is 10.3. The van der Waals surface area contributed by atoms with Crippen molar-refractivity contribution in [2.75, 3.05) is 16.0 Å². The molecule has 1 aliphatic rings. The average molecular weight is 464 g/mol. The fourth-order valence-electron chi connectivity index (χ4n) is 3.25. The van der Waals surface area contributed by atoms with E-state index in [0.29, 0.717) is 16.7 Å². The van der Waals surface area contributed by atoms with E-state index in [2.05, 4.69) is 15.4 Å². The fourth-order valence-corrected chi connectivity index (χ4v) is 4.06. The molecule has 0 bridgehead atoms. The second kappa shape index (κ2) is 9.83. The Morgan fingerprint density at radius 2 is 1.85 bits per heavy atom. The normalized spacial score (nSPS) is 14.8. The molecule has 0 radical (unpaired) electrons. The van der Waals surface area contributed by atoms with Crippen molar-refractivity contribution in [2.45, 2.75) is 19.9 Å². The number of anilines is 2. The number of thioether (sulfide) groups is 1. The second-order valence-corrected chi connectivity index (χ2v) is 8.49. The van der Waals surface area contributed by atoms with Crippen molar-refractivity contribution in [2.24, 2.45) is 4.99 Å². The first-order valence-corrected chi connectivity index (χ1v) is 11.3. The number of nitrogens with zero attached hydrogens (tertiary/aromatic N) is 4. The molecule has 0 unspecified atom stereocenters. The van der Waals surface area contributed by atoms with E-state index in [4.69, 9.17) is 0 Å². The van der Waals surface area contributed by atoms with E-state index in [1.54, 1.807) is 23.0 Å². The Bertz CT molecular complexity index is 1220. The Hall–Kier alpha value is -3.72. The summed E-state index contributed by atoms with van der Waals surface area (Å²) >= 11 is 1.13. The van der Waals surface area contributed by atoms with Crippen LogP contribution in [0.4, 0.5) is 15.9 Å².